The summed E-state index contributed by atoms with van der Waals surface area (Å²) in [6, 6.07) is 0. The smallest absolute Gasteiger partial charge is 0.283 e. The molecule has 108 valence electrons. The Morgan fingerprint density at radius 1 is 1.35 bits per heavy atom. The van der Waals surface area contributed by atoms with E-state index in [-0.39, 0.29) is 17.4 Å². The molecule has 3 aliphatic rings. The lowest BCUT2D eigenvalue weighted by Gasteiger charge is -2.29. The normalized spacial score (nSPS) is 33.7. The topological polar surface area (TPSA) is 66.3 Å². The Kier molecular flexibility index (Phi) is 2.31. The van der Waals surface area contributed by atoms with E-state index in [1.54, 1.807) is 0 Å². The summed E-state index contributed by atoms with van der Waals surface area (Å²) in [5.74, 6) is 2.55. The number of aromatic amines is 1. The van der Waals surface area contributed by atoms with Crippen LogP contribution in [0.5, 0.6) is 0 Å². The van der Waals surface area contributed by atoms with E-state index in [2.05, 4.69) is 19.0 Å². The molecule has 0 spiro atoms. The Hall–Kier alpha value is -1.52. The minimum atomic E-state index is -0.143. The van der Waals surface area contributed by atoms with Gasteiger partial charge in [0.25, 0.3) is 5.56 Å². The van der Waals surface area contributed by atoms with Crippen LogP contribution in [0.25, 0.3) is 0 Å². The molecule has 4 rings (SSSR count). The first kappa shape index (κ1) is 12.2. The summed E-state index contributed by atoms with van der Waals surface area (Å²) in [6.45, 7) is 5.71. The SMILES string of the molecule is CC1(C)[C@@H]2CC(C(=O)N3CCc4c(o[nH]c4=O)C3)C[C@@H]21. The number of carbonyl (C=O) groups excluding carboxylic acids is 1. The molecule has 0 bridgehead atoms. The summed E-state index contributed by atoms with van der Waals surface area (Å²) < 4.78 is 5.16. The molecule has 2 saturated carbocycles. The maximum Gasteiger partial charge on any atom is 0.283 e. The van der Waals surface area contributed by atoms with Crippen molar-refractivity contribution < 1.29 is 9.32 Å². The summed E-state index contributed by atoms with van der Waals surface area (Å²) in [7, 11) is 0. The van der Waals surface area contributed by atoms with Crippen LogP contribution in [0, 0.1) is 23.2 Å². The van der Waals surface area contributed by atoms with Gasteiger partial charge in [-0.15, -0.1) is 0 Å². The fourth-order valence-electron chi connectivity index (χ4n) is 4.39. The maximum absolute atomic E-state index is 12.6. The van der Waals surface area contributed by atoms with Gasteiger partial charge in [-0.3, -0.25) is 9.59 Å². The summed E-state index contributed by atoms with van der Waals surface area (Å²) in [6.07, 6.45) is 2.69. The summed E-state index contributed by atoms with van der Waals surface area (Å²) in [4.78, 5) is 25.9. The molecule has 1 N–H and O–H groups in total. The van der Waals surface area contributed by atoms with Crippen molar-refractivity contribution in [2.45, 2.75) is 39.7 Å². The molecule has 1 unspecified atom stereocenters. The molecule has 5 nitrogen and oxygen atoms in total. The van der Waals surface area contributed by atoms with Crippen LogP contribution in [-0.2, 0) is 17.8 Å². The number of hydrogen-bond donors (Lipinski definition) is 1. The van der Waals surface area contributed by atoms with Crippen LogP contribution in [0.1, 0.15) is 38.0 Å². The molecule has 0 aromatic carbocycles. The van der Waals surface area contributed by atoms with Crippen molar-refractivity contribution in [3.63, 3.8) is 0 Å². The molecule has 1 amide bonds. The molecule has 0 radical (unpaired) electrons. The Morgan fingerprint density at radius 3 is 2.75 bits per heavy atom. The van der Waals surface area contributed by atoms with Crippen molar-refractivity contribution in [1.82, 2.24) is 10.1 Å². The number of rotatable bonds is 1. The Bertz CT molecular complexity index is 613. The van der Waals surface area contributed by atoms with Gasteiger partial charge in [0.2, 0.25) is 5.91 Å². The first-order valence-electron chi connectivity index (χ1n) is 7.46. The molecule has 2 aliphatic carbocycles. The van der Waals surface area contributed by atoms with Gasteiger partial charge in [-0.1, -0.05) is 13.8 Å². The standard InChI is InChI=1S/C15H20N2O3/c1-15(2)10-5-8(6-11(10)15)14(19)17-4-3-9-12(7-17)20-16-13(9)18/h8,10-11H,3-7H2,1-2H3,(H,16,18)/t8?,10-,11+. The van der Waals surface area contributed by atoms with Gasteiger partial charge in [0.15, 0.2) is 5.76 Å². The fraction of sp³-hybridized carbons (Fsp3) is 0.733. The molecule has 1 aliphatic heterocycles. The largest absolute Gasteiger partial charge is 0.381 e. The van der Waals surface area contributed by atoms with Crippen LogP contribution in [-0.4, -0.2) is 22.5 Å². The summed E-state index contributed by atoms with van der Waals surface area (Å²) >= 11 is 0. The minimum Gasteiger partial charge on any atom is -0.381 e. The first-order chi connectivity index (χ1) is 9.48. The van der Waals surface area contributed by atoms with Gasteiger partial charge in [0, 0.05) is 12.5 Å². The number of H-pyrrole nitrogens is 1. The zero-order valence-electron chi connectivity index (χ0n) is 11.9. The number of nitrogens with one attached hydrogen (secondary N) is 1. The zero-order chi connectivity index (χ0) is 14.1. The van der Waals surface area contributed by atoms with Crippen LogP contribution in [0.15, 0.2) is 9.32 Å². The van der Waals surface area contributed by atoms with Gasteiger partial charge in [0.1, 0.15) is 0 Å². The second-order valence-electron chi connectivity index (χ2n) is 7.15. The number of fused-ring (bicyclic) bond motifs is 2. The summed E-state index contributed by atoms with van der Waals surface area (Å²) in [5.41, 5.74) is 1.03. The molecule has 1 aromatic rings. The Morgan fingerprint density at radius 2 is 2.05 bits per heavy atom. The van der Waals surface area contributed by atoms with Gasteiger partial charge >= 0.3 is 0 Å². The molecule has 1 aromatic heterocycles. The number of amides is 1. The van der Waals surface area contributed by atoms with Crippen LogP contribution in [0.4, 0.5) is 0 Å². The first-order valence-corrected chi connectivity index (χ1v) is 7.46. The molecule has 0 saturated heterocycles. The predicted molar refractivity (Wildman–Crippen MR) is 71.9 cm³/mol. The lowest BCUT2D eigenvalue weighted by Crippen LogP contribution is -2.40. The van der Waals surface area contributed by atoms with Gasteiger partial charge < -0.3 is 9.42 Å². The molecule has 2 heterocycles. The Balaban J connectivity index is 1.45. The highest BCUT2D eigenvalue weighted by Crippen LogP contribution is 2.68. The van der Waals surface area contributed by atoms with Crippen LogP contribution in [0.2, 0.25) is 0 Å². The van der Waals surface area contributed by atoms with Crippen LogP contribution < -0.4 is 5.56 Å². The molecule has 3 atom stereocenters. The third-order valence-corrected chi connectivity index (χ3v) is 5.87. The van der Waals surface area contributed by atoms with Gasteiger partial charge in [-0.25, -0.2) is 0 Å². The molecular formula is C15H20N2O3. The highest BCUT2D eigenvalue weighted by molar-refractivity contribution is 5.79. The summed E-state index contributed by atoms with van der Waals surface area (Å²) in [5, 5.41) is 2.36. The lowest BCUT2D eigenvalue weighted by atomic mass is 9.91. The number of carbonyl (C=O) groups is 1. The lowest BCUT2D eigenvalue weighted by molar-refractivity contribution is -0.137. The number of nitrogens with zero attached hydrogens (tertiary/aromatic N) is 1. The predicted octanol–water partition coefficient (Wildman–Crippen LogP) is 1.53. The van der Waals surface area contributed by atoms with Crippen molar-refractivity contribution in [2.75, 3.05) is 6.54 Å². The van der Waals surface area contributed by atoms with E-state index >= 15 is 0 Å². The van der Waals surface area contributed by atoms with Crippen molar-refractivity contribution in [3.05, 3.63) is 21.7 Å². The quantitative estimate of drug-likeness (QED) is 0.846. The average molecular weight is 276 g/mol. The van der Waals surface area contributed by atoms with E-state index < -0.39 is 0 Å². The second kappa shape index (κ2) is 3.77. The van der Waals surface area contributed by atoms with Gasteiger partial charge in [0.05, 0.1) is 12.1 Å². The van der Waals surface area contributed by atoms with Gasteiger partial charge in [-0.2, -0.15) is 5.16 Å². The molecule has 20 heavy (non-hydrogen) atoms. The highest BCUT2D eigenvalue weighted by atomic mass is 16.5. The van der Waals surface area contributed by atoms with Crippen molar-refractivity contribution in [2.24, 2.45) is 23.2 Å². The van der Waals surface area contributed by atoms with Crippen LogP contribution >= 0.6 is 0 Å². The van der Waals surface area contributed by atoms with E-state index in [1.807, 2.05) is 4.90 Å². The highest BCUT2D eigenvalue weighted by Gasteiger charge is 2.63. The molecule has 5 heteroatoms. The van der Waals surface area contributed by atoms with E-state index in [9.17, 15) is 9.59 Å². The van der Waals surface area contributed by atoms with Crippen molar-refractivity contribution in [1.29, 1.82) is 0 Å². The second-order valence-corrected chi connectivity index (χ2v) is 7.15. The minimum absolute atomic E-state index is 0.143. The maximum atomic E-state index is 12.6. The molecular weight excluding hydrogens is 256 g/mol. The Labute approximate surface area is 117 Å². The average Bonchev–Trinajstić information content (AvgIpc) is 2.86. The van der Waals surface area contributed by atoms with Crippen molar-refractivity contribution in [3.8, 4) is 0 Å². The van der Waals surface area contributed by atoms with Crippen LogP contribution in [0.3, 0.4) is 0 Å². The van der Waals surface area contributed by atoms with E-state index in [4.69, 9.17) is 4.52 Å². The molecule has 2 fully saturated rings. The van der Waals surface area contributed by atoms with E-state index in [1.165, 1.54) is 0 Å². The zero-order valence-corrected chi connectivity index (χ0v) is 11.9. The van der Waals surface area contributed by atoms with E-state index in [0.717, 1.165) is 24.7 Å². The third kappa shape index (κ3) is 1.55. The number of hydrogen-bond acceptors (Lipinski definition) is 3. The number of aromatic nitrogens is 1. The van der Waals surface area contributed by atoms with Gasteiger partial charge in [-0.05, 0) is 36.5 Å². The van der Waals surface area contributed by atoms with E-state index in [0.29, 0.717) is 36.2 Å². The third-order valence-electron chi connectivity index (χ3n) is 5.87. The fourth-order valence-corrected chi connectivity index (χ4v) is 4.39. The van der Waals surface area contributed by atoms with Crippen molar-refractivity contribution >= 4 is 5.91 Å². The monoisotopic (exact) mass is 276 g/mol.